The van der Waals surface area contributed by atoms with Crippen molar-refractivity contribution >= 4 is 17.6 Å². The summed E-state index contributed by atoms with van der Waals surface area (Å²) in [6.07, 6.45) is 0.867. The van der Waals surface area contributed by atoms with Gasteiger partial charge in [0.25, 0.3) is 5.91 Å². The van der Waals surface area contributed by atoms with E-state index in [-0.39, 0.29) is 11.9 Å². The molecule has 3 N–H and O–H groups in total. The average Bonchev–Trinajstić information content (AvgIpc) is 2.97. The highest BCUT2D eigenvalue weighted by molar-refractivity contribution is 5.94. The fraction of sp³-hybridized carbons (Fsp3) is 0.421. The number of carbonyl (C=O) groups is 2. The lowest BCUT2D eigenvalue weighted by molar-refractivity contribution is 0.0944. The Morgan fingerprint density at radius 3 is 2.67 bits per heavy atom. The van der Waals surface area contributed by atoms with Gasteiger partial charge < -0.3 is 20.9 Å². The van der Waals surface area contributed by atoms with Crippen LogP contribution in [0.3, 0.4) is 0 Å². The van der Waals surface area contributed by atoms with E-state index in [0.717, 1.165) is 23.2 Å². The van der Waals surface area contributed by atoms with Gasteiger partial charge in [-0.1, -0.05) is 12.1 Å². The van der Waals surface area contributed by atoms with Crippen molar-refractivity contribution in [2.45, 2.75) is 32.5 Å². The van der Waals surface area contributed by atoms with Gasteiger partial charge in [-0.2, -0.15) is 5.10 Å². The molecule has 0 spiro atoms. The van der Waals surface area contributed by atoms with Gasteiger partial charge in [0.2, 0.25) is 0 Å². The molecule has 27 heavy (non-hydrogen) atoms. The fourth-order valence-electron chi connectivity index (χ4n) is 3.07. The third-order valence-electron chi connectivity index (χ3n) is 4.68. The first-order valence-electron chi connectivity index (χ1n) is 8.98. The van der Waals surface area contributed by atoms with E-state index in [2.05, 4.69) is 28.0 Å². The second-order valence-electron chi connectivity index (χ2n) is 7.09. The summed E-state index contributed by atoms with van der Waals surface area (Å²) in [5.74, 6) is -0.173. The first-order valence-corrected chi connectivity index (χ1v) is 8.98. The highest BCUT2D eigenvalue weighted by Crippen LogP contribution is 2.20. The largest absolute Gasteiger partial charge is 0.347 e. The Morgan fingerprint density at radius 1 is 1.30 bits per heavy atom. The van der Waals surface area contributed by atoms with Gasteiger partial charge >= 0.3 is 6.03 Å². The van der Waals surface area contributed by atoms with Crippen molar-refractivity contribution in [3.63, 3.8) is 0 Å². The third kappa shape index (κ3) is 4.28. The molecule has 1 aromatic carbocycles. The number of aryl methyl sites for hydroxylation is 1. The molecular weight excluding hydrogens is 344 g/mol. The van der Waals surface area contributed by atoms with Gasteiger partial charge in [0.1, 0.15) is 0 Å². The summed E-state index contributed by atoms with van der Waals surface area (Å²) in [7, 11) is 5.26. The standard InChI is InChI=1S/C19H26N6O2/c1-12-9-16-15(11-20-12)17(23-25(16)4)18(26)21-10-13-5-7-14(8-6-13)22-19(27)24(2)3/h5-8,12,20H,9-11H2,1-4H3,(H,21,26)(H,22,27). The Bertz CT molecular complexity index is 841. The summed E-state index contributed by atoms with van der Waals surface area (Å²) in [6.45, 7) is 3.18. The first kappa shape index (κ1) is 18.9. The van der Waals surface area contributed by atoms with Crippen LogP contribution in [-0.2, 0) is 26.6 Å². The SMILES string of the molecule is CC1Cc2c(c(C(=O)NCc3ccc(NC(=O)N(C)C)cc3)nn2C)CN1. The molecule has 0 fully saturated rings. The second-order valence-corrected chi connectivity index (χ2v) is 7.09. The fourth-order valence-corrected chi connectivity index (χ4v) is 3.07. The highest BCUT2D eigenvalue weighted by atomic mass is 16.2. The Hall–Kier alpha value is -2.87. The van der Waals surface area contributed by atoms with Crippen LogP contribution < -0.4 is 16.0 Å². The molecule has 2 heterocycles. The summed E-state index contributed by atoms with van der Waals surface area (Å²) >= 11 is 0. The summed E-state index contributed by atoms with van der Waals surface area (Å²) in [5.41, 5.74) is 4.24. The van der Waals surface area contributed by atoms with Crippen molar-refractivity contribution in [1.82, 2.24) is 25.3 Å². The molecule has 8 heteroatoms. The van der Waals surface area contributed by atoms with Gasteiger partial charge in [-0.15, -0.1) is 0 Å². The number of rotatable bonds is 4. The van der Waals surface area contributed by atoms with Gasteiger partial charge in [-0.3, -0.25) is 9.48 Å². The quantitative estimate of drug-likeness (QED) is 0.760. The molecule has 2 aromatic rings. The maximum atomic E-state index is 12.6. The minimum absolute atomic E-state index is 0.173. The lowest BCUT2D eigenvalue weighted by atomic mass is 10.0. The number of anilines is 1. The van der Waals surface area contributed by atoms with Gasteiger partial charge in [0.15, 0.2) is 5.69 Å². The topological polar surface area (TPSA) is 91.3 Å². The molecule has 0 saturated carbocycles. The van der Waals surface area contributed by atoms with Crippen molar-refractivity contribution in [3.05, 3.63) is 46.8 Å². The summed E-state index contributed by atoms with van der Waals surface area (Å²) < 4.78 is 1.81. The Kier molecular flexibility index (Phi) is 5.46. The monoisotopic (exact) mass is 370 g/mol. The zero-order valence-electron chi connectivity index (χ0n) is 16.2. The molecule has 3 rings (SSSR count). The molecule has 144 valence electrons. The number of amides is 3. The van der Waals surface area contributed by atoms with E-state index >= 15 is 0 Å². The maximum absolute atomic E-state index is 12.6. The molecule has 3 amide bonds. The van der Waals surface area contributed by atoms with E-state index in [1.807, 2.05) is 36.0 Å². The van der Waals surface area contributed by atoms with Crippen LogP contribution in [0.25, 0.3) is 0 Å². The van der Waals surface area contributed by atoms with Crippen LogP contribution in [0.5, 0.6) is 0 Å². The molecular formula is C19H26N6O2. The lowest BCUT2D eigenvalue weighted by Gasteiger charge is -2.21. The maximum Gasteiger partial charge on any atom is 0.321 e. The summed E-state index contributed by atoms with van der Waals surface area (Å²) in [5, 5.41) is 13.5. The van der Waals surface area contributed by atoms with Crippen molar-refractivity contribution in [3.8, 4) is 0 Å². The zero-order chi connectivity index (χ0) is 19.6. The van der Waals surface area contributed by atoms with E-state index < -0.39 is 0 Å². The third-order valence-corrected chi connectivity index (χ3v) is 4.68. The smallest absolute Gasteiger partial charge is 0.321 e. The Morgan fingerprint density at radius 2 is 2.00 bits per heavy atom. The molecule has 0 aliphatic carbocycles. The van der Waals surface area contributed by atoms with E-state index in [4.69, 9.17) is 0 Å². The Balaban J connectivity index is 1.61. The number of nitrogens with zero attached hydrogens (tertiary/aromatic N) is 3. The van der Waals surface area contributed by atoms with E-state index in [1.165, 1.54) is 4.90 Å². The van der Waals surface area contributed by atoms with E-state index in [9.17, 15) is 9.59 Å². The number of urea groups is 1. The normalized spacial score (nSPS) is 15.8. The van der Waals surface area contributed by atoms with Gasteiger partial charge in [0.05, 0.1) is 0 Å². The summed E-state index contributed by atoms with van der Waals surface area (Å²) in [4.78, 5) is 25.7. The molecule has 1 atom stereocenters. The number of aromatic nitrogens is 2. The summed E-state index contributed by atoms with van der Waals surface area (Å²) in [6, 6.07) is 7.59. The van der Waals surface area contributed by atoms with Crippen molar-refractivity contribution in [2.75, 3.05) is 19.4 Å². The number of nitrogens with one attached hydrogen (secondary N) is 3. The minimum atomic E-state index is -0.182. The minimum Gasteiger partial charge on any atom is -0.347 e. The number of carbonyl (C=O) groups excluding carboxylic acids is 2. The lowest BCUT2D eigenvalue weighted by Crippen LogP contribution is -2.34. The van der Waals surface area contributed by atoms with Crippen molar-refractivity contribution in [2.24, 2.45) is 7.05 Å². The molecule has 8 nitrogen and oxygen atoms in total. The number of benzene rings is 1. The van der Waals surface area contributed by atoms with Crippen LogP contribution in [0.15, 0.2) is 24.3 Å². The van der Waals surface area contributed by atoms with Crippen LogP contribution in [-0.4, -0.2) is 46.8 Å². The van der Waals surface area contributed by atoms with Gasteiger partial charge in [0, 0.05) is 63.6 Å². The zero-order valence-corrected chi connectivity index (χ0v) is 16.2. The number of hydrogen-bond donors (Lipinski definition) is 3. The number of fused-ring (bicyclic) bond motifs is 1. The predicted octanol–water partition coefficient (Wildman–Crippen LogP) is 1.48. The van der Waals surface area contributed by atoms with Gasteiger partial charge in [-0.05, 0) is 24.6 Å². The van der Waals surface area contributed by atoms with Crippen LogP contribution in [0.4, 0.5) is 10.5 Å². The molecule has 0 radical (unpaired) electrons. The van der Waals surface area contributed by atoms with Crippen molar-refractivity contribution in [1.29, 1.82) is 0 Å². The molecule has 1 unspecified atom stereocenters. The van der Waals surface area contributed by atoms with Gasteiger partial charge in [-0.25, -0.2) is 4.79 Å². The highest BCUT2D eigenvalue weighted by Gasteiger charge is 2.25. The van der Waals surface area contributed by atoms with E-state index in [0.29, 0.717) is 30.5 Å². The molecule has 0 saturated heterocycles. The van der Waals surface area contributed by atoms with Crippen LogP contribution in [0.2, 0.25) is 0 Å². The molecule has 0 bridgehead atoms. The predicted molar refractivity (Wildman–Crippen MR) is 104 cm³/mol. The van der Waals surface area contributed by atoms with Crippen LogP contribution >= 0.6 is 0 Å². The number of hydrogen-bond acceptors (Lipinski definition) is 4. The molecule has 1 aromatic heterocycles. The van der Waals surface area contributed by atoms with Crippen molar-refractivity contribution < 1.29 is 9.59 Å². The van der Waals surface area contributed by atoms with E-state index in [1.54, 1.807) is 14.1 Å². The van der Waals surface area contributed by atoms with Crippen LogP contribution in [0.1, 0.15) is 34.2 Å². The second kappa shape index (κ2) is 7.79. The first-order chi connectivity index (χ1) is 12.8. The average molecular weight is 370 g/mol. The molecule has 1 aliphatic heterocycles. The Labute approximate surface area is 158 Å². The molecule has 1 aliphatic rings. The van der Waals surface area contributed by atoms with Crippen LogP contribution in [0, 0.1) is 0 Å².